The summed E-state index contributed by atoms with van der Waals surface area (Å²) < 4.78 is 10.9. The van der Waals surface area contributed by atoms with Crippen LogP contribution in [0.15, 0.2) is 42.5 Å². The molecule has 0 radical (unpaired) electrons. The number of carbonyl (C=O) groups excluding carboxylic acids is 2. The van der Waals surface area contributed by atoms with Gasteiger partial charge in [-0.1, -0.05) is 43.0 Å². The van der Waals surface area contributed by atoms with E-state index in [9.17, 15) is 9.59 Å². The van der Waals surface area contributed by atoms with Gasteiger partial charge in [-0.15, -0.1) is 0 Å². The molecule has 1 aliphatic carbocycles. The molecule has 4 nitrogen and oxygen atoms in total. The molecule has 3 rings (SSSR count). The van der Waals surface area contributed by atoms with Gasteiger partial charge in [-0.25, -0.2) is 9.59 Å². The highest BCUT2D eigenvalue weighted by atomic mass is 35.5. The predicted octanol–water partition coefficient (Wildman–Crippen LogP) is 5.60. The molecule has 0 heterocycles. The summed E-state index contributed by atoms with van der Waals surface area (Å²) in [6.45, 7) is 2.23. The second-order valence-electron chi connectivity index (χ2n) is 6.95. The number of carbonyl (C=O) groups is 2. The average molecular weight is 387 g/mol. The summed E-state index contributed by atoms with van der Waals surface area (Å²) in [6, 6.07) is 11.5. The zero-order chi connectivity index (χ0) is 19.2. The van der Waals surface area contributed by atoms with Crippen LogP contribution in [0.2, 0.25) is 5.02 Å². The summed E-state index contributed by atoms with van der Waals surface area (Å²) in [4.78, 5) is 25.1. The van der Waals surface area contributed by atoms with E-state index in [0.29, 0.717) is 23.3 Å². The maximum Gasteiger partial charge on any atom is 0.344 e. The minimum absolute atomic E-state index is 0.193. The van der Waals surface area contributed by atoms with Crippen LogP contribution in [0.4, 0.5) is 0 Å². The Hall–Kier alpha value is -2.33. The summed E-state index contributed by atoms with van der Waals surface area (Å²) in [6.07, 6.45) is 5.81. The summed E-state index contributed by atoms with van der Waals surface area (Å²) >= 11 is 6.00. The predicted molar refractivity (Wildman–Crippen MR) is 104 cm³/mol. The molecule has 0 amide bonds. The van der Waals surface area contributed by atoms with Crippen molar-refractivity contribution in [3.63, 3.8) is 0 Å². The van der Waals surface area contributed by atoms with Crippen molar-refractivity contribution in [1.29, 1.82) is 0 Å². The van der Waals surface area contributed by atoms with Crippen LogP contribution < -0.4 is 4.74 Å². The third kappa shape index (κ3) is 5.10. The molecule has 0 unspecified atom stereocenters. The normalized spacial score (nSPS) is 14.6. The van der Waals surface area contributed by atoms with E-state index < -0.39 is 11.9 Å². The minimum Gasteiger partial charge on any atom is -0.462 e. The summed E-state index contributed by atoms with van der Waals surface area (Å²) in [5.41, 5.74) is 1.23. The third-order valence-electron chi connectivity index (χ3n) is 4.88. The number of hydrogen-bond donors (Lipinski definition) is 0. The van der Waals surface area contributed by atoms with Gasteiger partial charge in [-0.3, -0.25) is 0 Å². The minimum atomic E-state index is -0.595. The first-order chi connectivity index (χ1) is 13.0. The molecule has 142 valence electrons. The van der Waals surface area contributed by atoms with Crippen molar-refractivity contribution in [3.8, 4) is 5.75 Å². The van der Waals surface area contributed by atoms with Crippen molar-refractivity contribution < 1.29 is 19.1 Å². The molecule has 0 N–H and O–H groups in total. The van der Waals surface area contributed by atoms with Crippen LogP contribution in [0.5, 0.6) is 5.75 Å². The van der Waals surface area contributed by atoms with Crippen molar-refractivity contribution in [3.05, 3.63) is 64.2 Å². The SMILES string of the molecule is Cc1cc(OC(=O)c2ccccc2C(=O)OCC2CCCCC2)ccc1Cl. The average Bonchev–Trinajstić information content (AvgIpc) is 2.69. The monoisotopic (exact) mass is 386 g/mol. The Bertz CT molecular complexity index is 825. The second-order valence-corrected chi connectivity index (χ2v) is 7.36. The number of aryl methyl sites for hydroxylation is 1. The highest BCUT2D eigenvalue weighted by molar-refractivity contribution is 6.31. The van der Waals surface area contributed by atoms with E-state index >= 15 is 0 Å². The van der Waals surface area contributed by atoms with Crippen molar-refractivity contribution in [2.75, 3.05) is 6.61 Å². The molecule has 27 heavy (non-hydrogen) atoms. The lowest BCUT2D eigenvalue weighted by atomic mass is 9.90. The Labute approximate surface area is 164 Å². The first-order valence-corrected chi connectivity index (χ1v) is 9.67. The van der Waals surface area contributed by atoms with Gasteiger partial charge in [0.1, 0.15) is 5.75 Å². The maximum absolute atomic E-state index is 12.6. The Morgan fingerprint density at radius 1 is 1.00 bits per heavy atom. The van der Waals surface area contributed by atoms with Crippen LogP contribution in [0.1, 0.15) is 58.4 Å². The lowest BCUT2D eigenvalue weighted by Crippen LogP contribution is -2.19. The second kappa shape index (κ2) is 9.05. The standard InChI is InChI=1S/C22H23ClO4/c1-15-13-17(11-12-20(15)23)27-22(25)19-10-6-5-9-18(19)21(24)26-14-16-7-3-2-4-8-16/h5-6,9-13,16H,2-4,7-8,14H2,1H3. The molecule has 0 saturated heterocycles. The zero-order valence-corrected chi connectivity index (χ0v) is 16.1. The molecule has 1 aliphatic rings. The largest absolute Gasteiger partial charge is 0.462 e. The van der Waals surface area contributed by atoms with E-state index in [0.717, 1.165) is 18.4 Å². The van der Waals surface area contributed by atoms with Gasteiger partial charge in [0.15, 0.2) is 0 Å². The zero-order valence-electron chi connectivity index (χ0n) is 15.4. The molecule has 2 aromatic carbocycles. The van der Waals surface area contributed by atoms with Crippen LogP contribution in [0.3, 0.4) is 0 Å². The molecule has 5 heteroatoms. The van der Waals surface area contributed by atoms with Gasteiger partial charge >= 0.3 is 11.9 Å². The third-order valence-corrected chi connectivity index (χ3v) is 5.31. The number of hydrogen-bond acceptors (Lipinski definition) is 4. The maximum atomic E-state index is 12.6. The number of halogens is 1. The van der Waals surface area contributed by atoms with Crippen LogP contribution in [0, 0.1) is 12.8 Å². The van der Waals surface area contributed by atoms with Crippen LogP contribution in [0.25, 0.3) is 0 Å². The van der Waals surface area contributed by atoms with Gasteiger partial charge in [0.05, 0.1) is 17.7 Å². The van der Waals surface area contributed by atoms with Crippen LogP contribution >= 0.6 is 11.6 Å². The molecule has 0 aromatic heterocycles. The fraction of sp³-hybridized carbons (Fsp3) is 0.364. The van der Waals surface area contributed by atoms with Gasteiger partial charge in [0.25, 0.3) is 0 Å². The summed E-state index contributed by atoms with van der Waals surface area (Å²) in [5, 5.41) is 0.599. The smallest absolute Gasteiger partial charge is 0.344 e. The summed E-state index contributed by atoms with van der Waals surface area (Å²) in [7, 11) is 0. The number of rotatable bonds is 5. The quantitative estimate of drug-likeness (QED) is 0.495. The first kappa shape index (κ1) is 19.4. The Kier molecular flexibility index (Phi) is 6.51. The van der Waals surface area contributed by atoms with Crippen molar-refractivity contribution in [1.82, 2.24) is 0 Å². The topological polar surface area (TPSA) is 52.6 Å². The van der Waals surface area contributed by atoms with Crippen molar-refractivity contribution in [2.24, 2.45) is 5.92 Å². The highest BCUT2D eigenvalue weighted by Crippen LogP contribution is 2.25. The van der Waals surface area contributed by atoms with E-state index in [2.05, 4.69) is 0 Å². The van der Waals surface area contributed by atoms with E-state index in [4.69, 9.17) is 21.1 Å². The van der Waals surface area contributed by atoms with Gasteiger partial charge in [0.2, 0.25) is 0 Å². The lowest BCUT2D eigenvalue weighted by molar-refractivity contribution is 0.0404. The van der Waals surface area contributed by atoms with Crippen LogP contribution in [-0.4, -0.2) is 18.5 Å². The van der Waals surface area contributed by atoms with E-state index in [1.54, 1.807) is 42.5 Å². The molecule has 1 fully saturated rings. The van der Waals surface area contributed by atoms with E-state index in [1.165, 1.54) is 19.3 Å². The molecule has 0 aliphatic heterocycles. The highest BCUT2D eigenvalue weighted by Gasteiger charge is 2.21. The first-order valence-electron chi connectivity index (χ1n) is 9.29. The Morgan fingerprint density at radius 3 is 2.33 bits per heavy atom. The number of esters is 2. The van der Waals surface area contributed by atoms with Gasteiger partial charge in [0, 0.05) is 5.02 Å². The van der Waals surface area contributed by atoms with Gasteiger partial charge in [-0.2, -0.15) is 0 Å². The van der Waals surface area contributed by atoms with Gasteiger partial charge < -0.3 is 9.47 Å². The molecular weight excluding hydrogens is 364 g/mol. The Morgan fingerprint density at radius 2 is 1.67 bits per heavy atom. The number of benzene rings is 2. The van der Waals surface area contributed by atoms with Crippen molar-refractivity contribution in [2.45, 2.75) is 39.0 Å². The molecule has 2 aromatic rings. The molecule has 0 atom stereocenters. The van der Waals surface area contributed by atoms with Crippen molar-refractivity contribution >= 4 is 23.5 Å². The molecule has 1 saturated carbocycles. The fourth-order valence-electron chi connectivity index (χ4n) is 3.31. The Balaban J connectivity index is 1.69. The molecule has 0 bridgehead atoms. The molecule has 0 spiro atoms. The van der Waals surface area contributed by atoms with E-state index in [1.807, 2.05) is 6.92 Å². The fourth-order valence-corrected chi connectivity index (χ4v) is 3.42. The molecular formula is C22H23ClO4. The van der Waals surface area contributed by atoms with E-state index in [-0.39, 0.29) is 11.1 Å². The van der Waals surface area contributed by atoms with Crippen LogP contribution in [-0.2, 0) is 4.74 Å². The summed E-state index contributed by atoms with van der Waals surface area (Å²) in [5.74, 6) is -0.284. The lowest BCUT2D eigenvalue weighted by Gasteiger charge is -2.21. The van der Waals surface area contributed by atoms with Gasteiger partial charge in [-0.05, 0) is 61.6 Å². The number of ether oxygens (including phenoxy) is 2.